The van der Waals surface area contributed by atoms with Gasteiger partial charge in [-0.05, 0) is 13.8 Å². The molecule has 0 aromatic heterocycles. The maximum atomic E-state index is 9.60. The molecular weight excluding hydrogens is 232 g/mol. The zero-order chi connectivity index (χ0) is 14.6. The summed E-state index contributed by atoms with van der Waals surface area (Å²) in [4.78, 5) is 19.2. The van der Waals surface area contributed by atoms with Gasteiger partial charge in [0.15, 0.2) is 0 Å². The van der Waals surface area contributed by atoms with Crippen LogP contribution >= 0.6 is 0 Å². The molecule has 0 atom stereocenters. The first-order valence-corrected chi connectivity index (χ1v) is 5.06. The average Bonchev–Trinajstić information content (AvgIpc) is 2.32. The molecule has 1 rings (SSSR count). The minimum absolute atomic E-state index is 0.176. The lowest BCUT2D eigenvalue weighted by atomic mass is 10.4. The van der Waals surface area contributed by atoms with Crippen molar-refractivity contribution in [3.8, 4) is 0 Å². The van der Waals surface area contributed by atoms with Crippen LogP contribution in [0, 0.1) is 0 Å². The van der Waals surface area contributed by atoms with E-state index >= 15 is 0 Å². The van der Waals surface area contributed by atoms with Crippen molar-refractivity contribution < 1.29 is 19.8 Å². The highest BCUT2D eigenvalue weighted by Gasteiger charge is 1.90. The maximum absolute atomic E-state index is 9.60. The molecular formula is C14H18O4. The summed E-state index contributed by atoms with van der Waals surface area (Å²) in [5, 5.41) is 15.8. The van der Waals surface area contributed by atoms with Crippen LogP contribution in [-0.2, 0) is 9.59 Å². The third kappa shape index (κ3) is 16.1. The molecule has 1 aromatic rings. The number of benzene rings is 1. The van der Waals surface area contributed by atoms with Crippen molar-refractivity contribution in [3.05, 3.63) is 60.7 Å². The van der Waals surface area contributed by atoms with Crippen LogP contribution in [0.1, 0.15) is 13.8 Å². The second kappa shape index (κ2) is 11.1. The Labute approximate surface area is 107 Å². The van der Waals surface area contributed by atoms with Crippen LogP contribution in [0.3, 0.4) is 0 Å². The molecule has 0 aliphatic heterocycles. The second-order valence-electron chi connectivity index (χ2n) is 3.33. The Morgan fingerprint density at radius 2 is 0.833 bits per heavy atom. The Balaban J connectivity index is 0. The van der Waals surface area contributed by atoms with Crippen molar-refractivity contribution >= 4 is 11.9 Å². The van der Waals surface area contributed by atoms with Crippen LogP contribution in [0.4, 0.5) is 0 Å². The van der Waals surface area contributed by atoms with Gasteiger partial charge in [-0.25, -0.2) is 9.59 Å². The van der Waals surface area contributed by atoms with Crippen molar-refractivity contribution in [1.29, 1.82) is 0 Å². The molecule has 0 amide bonds. The van der Waals surface area contributed by atoms with E-state index in [1.807, 2.05) is 36.4 Å². The molecule has 1 aromatic carbocycles. The largest absolute Gasteiger partial charge is 0.478 e. The zero-order valence-corrected chi connectivity index (χ0v) is 10.6. The van der Waals surface area contributed by atoms with Crippen LogP contribution in [0.15, 0.2) is 60.7 Å². The first-order chi connectivity index (χ1) is 8.29. The van der Waals surface area contributed by atoms with Crippen LogP contribution in [0.5, 0.6) is 0 Å². The topological polar surface area (TPSA) is 74.6 Å². The molecule has 0 aliphatic rings. The summed E-state index contributed by atoms with van der Waals surface area (Å²) in [6, 6.07) is 12.0. The second-order valence-corrected chi connectivity index (χ2v) is 3.33. The van der Waals surface area contributed by atoms with Crippen LogP contribution in [-0.4, -0.2) is 22.2 Å². The van der Waals surface area contributed by atoms with Gasteiger partial charge < -0.3 is 10.2 Å². The standard InChI is InChI=1S/C6H6.2C4H6O2/c1-2-4-6-5-3-1;2*1-3(2)4(5)6/h1-6H;2*1H2,2H3,(H,5,6). The number of hydrogen-bond donors (Lipinski definition) is 2. The van der Waals surface area contributed by atoms with E-state index in [-0.39, 0.29) is 11.1 Å². The number of rotatable bonds is 2. The number of carboxylic acids is 2. The van der Waals surface area contributed by atoms with E-state index < -0.39 is 11.9 Å². The zero-order valence-electron chi connectivity index (χ0n) is 10.6. The molecule has 98 valence electrons. The monoisotopic (exact) mass is 250 g/mol. The Kier molecular flexibility index (Phi) is 11.1. The van der Waals surface area contributed by atoms with E-state index in [0.717, 1.165) is 0 Å². The quantitative estimate of drug-likeness (QED) is 0.791. The number of hydrogen-bond acceptors (Lipinski definition) is 2. The predicted molar refractivity (Wildman–Crippen MR) is 71.3 cm³/mol. The van der Waals surface area contributed by atoms with Gasteiger partial charge in [0.1, 0.15) is 0 Å². The lowest BCUT2D eigenvalue weighted by Gasteiger charge is -1.79. The normalized spacial score (nSPS) is 7.67. The lowest BCUT2D eigenvalue weighted by molar-refractivity contribution is -0.133. The Bertz CT molecular complexity index is 319. The fourth-order valence-corrected chi connectivity index (χ4v) is 0.385. The lowest BCUT2D eigenvalue weighted by Crippen LogP contribution is -1.92. The average molecular weight is 250 g/mol. The summed E-state index contributed by atoms with van der Waals surface area (Å²) in [5.41, 5.74) is 0.352. The number of carbonyl (C=O) groups is 2. The molecule has 18 heavy (non-hydrogen) atoms. The third-order valence-electron chi connectivity index (χ3n) is 1.40. The minimum atomic E-state index is -0.935. The van der Waals surface area contributed by atoms with E-state index in [1.54, 1.807) is 0 Å². The van der Waals surface area contributed by atoms with Gasteiger partial charge in [0.2, 0.25) is 0 Å². The third-order valence-corrected chi connectivity index (χ3v) is 1.40. The van der Waals surface area contributed by atoms with Crippen molar-refractivity contribution in [2.75, 3.05) is 0 Å². The first-order valence-electron chi connectivity index (χ1n) is 5.06. The molecule has 0 fully saturated rings. The van der Waals surface area contributed by atoms with Gasteiger partial charge in [-0.1, -0.05) is 49.6 Å². The molecule has 0 spiro atoms. The van der Waals surface area contributed by atoms with Gasteiger partial charge in [-0.3, -0.25) is 0 Å². The van der Waals surface area contributed by atoms with E-state index in [1.165, 1.54) is 13.8 Å². The summed E-state index contributed by atoms with van der Waals surface area (Å²) in [6.07, 6.45) is 0. The molecule has 0 heterocycles. The molecule has 0 bridgehead atoms. The molecule has 0 saturated carbocycles. The van der Waals surface area contributed by atoms with E-state index in [4.69, 9.17) is 10.2 Å². The highest BCUT2D eigenvalue weighted by Crippen LogP contribution is 1.81. The highest BCUT2D eigenvalue weighted by molar-refractivity contribution is 5.85. The summed E-state index contributed by atoms with van der Waals surface area (Å²) >= 11 is 0. The Morgan fingerprint density at radius 1 is 0.722 bits per heavy atom. The van der Waals surface area contributed by atoms with E-state index in [0.29, 0.717) is 0 Å². The molecule has 2 N–H and O–H groups in total. The summed E-state index contributed by atoms with van der Waals surface area (Å²) in [6.45, 7) is 9.20. The van der Waals surface area contributed by atoms with Crippen molar-refractivity contribution in [2.24, 2.45) is 0 Å². The van der Waals surface area contributed by atoms with Gasteiger partial charge in [-0.15, -0.1) is 0 Å². The summed E-state index contributed by atoms with van der Waals surface area (Å²) < 4.78 is 0. The van der Waals surface area contributed by atoms with Crippen LogP contribution in [0.2, 0.25) is 0 Å². The smallest absolute Gasteiger partial charge is 0.330 e. The van der Waals surface area contributed by atoms with Gasteiger partial charge >= 0.3 is 11.9 Å². The van der Waals surface area contributed by atoms with Crippen molar-refractivity contribution in [2.45, 2.75) is 13.8 Å². The number of carboxylic acid groups (broad SMARTS) is 2. The fraction of sp³-hybridized carbons (Fsp3) is 0.143. The minimum Gasteiger partial charge on any atom is -0.478 e. The molecule has 4 nitrogen and oxygen atoms in total. The summed E-state index contributed by atoms with van der Waals surface area (Å²) in [7, 11) is 0. The Hall–Kier alpha value is -2.36. The molecule has 0 aliphatic carbocycles. The predicted octanol–water partition coefficient (Wildman–Crippen LogP) is 2.98. The van der Waals surface area contributed by atoms with Crippen LogP contribution in [0.25, 0.3) is 0 Å². The van der Waals surface area contributed by atoms with Gasteiger partial charge in [-0.2, -0.15) is 0 Å². The van der Waals surface area contributed by atoms with Gasteiger partial charge in [0, 0.05) is 11.1 Å². The van der Waals surface area contributed by atoms with Crippen molar-refractivity contribution in [1.82, 2.24) is 0 Å². The van der Waals surface area contributed by atoms with Crippen LogP contribution < -0.4 is 0 Å². The maximum Gasteiger partial charge on any atom is 0.330 e. The van der Waals surface area contributed by atoms with E-state index in [9.17, 15) is 9.59 Å². The van der Waals surface area contributed by atoms with Crippen molar-refractivity contribution in [3.63, 3.8) is 0 Å². The van der Waals surface area contributed by atoms with Gasteiger partial charge in [0.25, 0.3) is 0 Å². The fourth-order valence-electron chi connectivity index (χ4n) is 0.385. The molecule has 0 radical (unpaired) electrons. The molecule has 0 unspecified atom stereocenters. The SMILES string of the molecule is C=C(C)C(=O)O.C=C(C)C(=O)O.c1ccccc1. The summed E-state index contributed by atoms with van der Waals surface area (Å²) in [5.74, 6) is -1.87. The number of aliphatic carboxylic acids is 2. The first kappa shape index (κ1) is 18.0. The van der Waals surface area contributed by atoms with E-state index in [2.05, 4.69) is 13.2 Å². The molecule has 0 saturated heterocycles. The molecule has 4 heteroatoms. The Morgan fingerprint density at radius 3 is 0.889 bits per heavy atom. The highest BCUT2D eigenvalue weighted by atomic mass is 16.4. The van der Waals surface area contributed by atoms with Gasteiger partial charge in [0.05, 0.1) is 0 Å².